The second-order valence-electron chi connectivity index (χ2n) is 9.46. The number of hydrogen-bond acceptors (Lipinski definition) is 5. The van der Waals surface area contributed by atoms with Gasteiger partial charge < -0.3 is 25.0 Å². The van der Waals surface area contributed by atoms with E-state index in [1.807, 2.05) is 68.7 Å². The smallest absolute Gasteiger partial charge is 0.352 e. The molecular formula is C33H32N4O3. The summed E-state index contributed by atoms with van der Waals surface area (Å²) in [5.41, 5.74) is 11.2. The molecule has 3 N–H and O–H groups in total. The highest BCUT2D eigenvalue weighted by Gasteiger charge is 2.17. The van der Waals surface area contributed by atoms with Gasteiger partial charge in [0, 0.05) is 38.3 Å². The van der Waals surface area contributed by atoms with Crippen LogP contribution in [0.1, 0.15) is 32.7 Å². The van der Waals surface area contributed by atoms with Crippen LogP contribution in [0.25, 0.3) is 10.9 Å². The number of nitrogens with two attached hydrogens (primary N) is 1. The number of rotatable bonds is 8. The Morgan fingerprint density at radius 2 is 1.60 bits per heavy atom. The third-order valence-electron chi connectivity index (χ3n) is 6.45. The molecule has 0 unspecified atom stereocenters. The maximum atomic E-state index is 11.9. The number of carbonyl (C=O) groups is 1. The third-order valence-corrected chi connectivity index (χ3v) is 6.45. The highest BCUT2D eigenvalue weighted by molar-refractivity contribution is 5.97. The van der Waals surface area contributed by atoms with Gasteiger partial charge in [0.15, 0.2) is 0 Å². The number of hydrogen-bond donors (Lipinski definition) is 2. The molecule has 0 amide bonds. The number of carboxylic acids is 1. The van der Waals surface area contributed by atoms with Gasteiger partial charge in [-0.05, 0) is 59.2 Å². The van der Waals surface area contributed by atoms with E-state index in [4.69, 9.17) is 15.7 Å². The molecule has 0 saturated heterocycles. The van der Waals surface area contributed by atoms with Crippen molar-refractivity contribution < 1.29 is 14.6 Å². The van der Waals surface area contributed by atoms with Crippen LogP contribution in [0.15, 0.2) is 103 Å². The standard InChI is InChI=1S/C24H18N2O3.C9H14N2/c25-14-18-8-4-9-19(12-18)15-26-21-10-5-11-23(20(21)13-22(26)24(27)28)29-16-17-6-2-1-3-7-17;1-11(2)9-5-3-8(7-10)4-6-9/h1-13H,15-16H2,(H,27,28);3-6H,7,10H2,1-2H3. The number of aromatic nitrogens is 1. The first-order valence-electron chi connectivity index (χ1n) is 12.9. The van der Waals surface area contributed by atoms with E-state index in [1.165, 1.54) is 11.3 Å². The Balaban J connectivity index is 0.000000283. The van der Waals surface area contributed by atoms with Crippen LogP contribution in [0.5, 0.6) is 5.75 Å². The first-order valence-corrected chi connectivity index (χ1v) is 12.9. The maximum absolute atomic E-state index is 11.9. The quantitative estimate of drug-likeness (QED) is 0.252. The van der Waals surface area contributed by atoms with Crippen LogP contribution in [-0.4, -0.2) is 29.7 Å². The topological polar surface area (TPSA) is 105 Å². The van der Waals surface area contributed by atoms with E-state index in [2.05, 4.69) is 35.2 Å². The van der Waals surface area contributed by atoms with Gasteiger partial charge in [-0.3, -0.25) is 0 Å². The Morgan fingerprint density at radius 3 is 2.25 bits per heavy atom. The average Bonchev–Trinajstić information content (AvgIpc) is 3.36. The molecule has 0 aliphatic carbocycles. The van der Waals surface area contributed by atoms with Crippen LogP contribution in [0.2, 0.25) is 0 Å². The van der Waals surface area contributed by atoms with Gasteiger partial charge in [-0.15, -0.1) is 0 Å². The van der Waals surface area contributed by atoms with Crippen molar-refractivity contribution in [3.63, 3.8) is 0 Å². The summed E-state index contributed by atoms with van der Waals surface area (Å²) in [6.45, 7) is 1.37. The summed E-state index contributed by atoms with van der Waals surface area (Å²) >= 11 is 0. The molecule has 0 aliphatic rings. The van der Waals surface area contributed by atoms with E-state index in [-0.39, 0.29) is 5.69 Å². The summed E-state index contributed by atoms with van der Waals surface area (Å²) in [7, 11) is 4.05. The second kappa shape index (κ2) is 13.1. The fourth-order valence-electron chi connectivity index (χ4n) is 4.32. The van der Waals surface area contributed by atoms with Crippen molar-refractivity contribution in [2.24, 2.45) is 5.73 Å². The summed E-state index contributed by atoms with van der Waals surface area (Å²) in [5, 5.41) is 19.6. The molecule has 0 saturated carbocycles. The summed E-state index contributed by atoms with van der Waals surface area (Å²) in [4.78, 5) is 14.0. The molecule has 0 radical (unpaired) electrons. The van der Waals surface area contributed by atoms with Gasteiger partial charge in [-0.2, -0.15) is 5.26 Å². The summed E-state index contributed by atoms with van der Waals surface area (Å²) in [6.07, 6.45) is 0. The van der Waals surface area contributed by atoms with Gasteiger partial charge in [0.1, 0.15) is 18.1 Å². The molecule has 40 heavy (non-hydrogen) atoms. The Kier molecular flexibility index (Phi) is 9.19. The molecule has 1 aromatic heterocycles. The van der Waals surface area contributed by atoms with Crippen LogP contribution in [-0.2, 0) is 19.7 Å². The predicted octanol–water partition coefficient (Wildman–Crippen LogP) is 6.05. The number of nitrogens with zero attached hydrogens (tertiary/aromatic N) is 3. The van der Waals surface area contributed by atoms with E-state index in [9.17, 15) is 9.90 Å². The third kappa shape index (κ3) is 6.87. The fraction of sp³-hybridized carbons (Fsp3) is 0.152. The molecule has 0 aliphatic heterocycles. The SMILES string of the molecule is CN(C)c1ccc(CN)cc1.N#Cc1cccc(Cn2c(C(=O)O)cc3c(OCc4ccccc4)cccc32)c1. The van der Waals surface area contributed by atoms with Crippen molar-refractivity contribution in [3.05, 3.63) is 131 Å². The lowest BCUT2D eigenvalue weighted by Crippen LogP contribution is -2.09. The summed E-state index contributed by atoms with van der Waals surface area (Å²) in [5.74, 6) is -0.370. The molecule has 7 nitrogen and oxygen atoms in total. The van der Waals surface area contributed by atoms with E-state index >= 15 is 0 Å². The molecule has 0 bridgehead atoms. The van der Waals surface area contributed by atoms with Gasteiger partial charge >= 0.3 is 5.97 Å². The van der Waals surface area contributed by atoms with Gasteiger partial charge in [-0.1, -0.05) is 60.7 Å². The monoisotopic (exact) mass is 532 g/mol. The van der Waals surface area contributed by atoms with Crippen LogP contribution in [0.4, 0.5) is 5.69 Å². The Morgan fingerprint density at radius 1 is 0.900 bits per heavy atom. The van der Waals surface area contributed by atoms with Crippen LogP contribution < -0.4 is 15.4 Å². The molecule has 4 aromatic carbocycles. The molecule has 5 rings (SSSR count). The van der Waals surface area contributed by atoms with Crippen LogP contribution in [0.3, 0.4) is 0 Å². The van der Waals surface area contributed by atoms with Gasteiger partial charge in [0.05, 0.1) is 17.1 Å². The molecule has 1 heterocycles. The van der Waals surface area contributed by atoms with Crippen molar-refractivity contribution >= 4 is 22.6 Å². The maximum Gasteiger partial charge on any atom is 0.352 e. The van der Waals surface area contributed by atoms with Crippen LogP contribution in [0, 0.1) is 11.3 Å². The molecular weight excluding hydrogens is 500 g/mol. The first kappa shape index (κ1) is 28.0. The minimum atomic E-state index is -1.01. The first-order chi connectivity index (χ1) is 19.4. The minimum absolute atomic E-state index is 0.179. The number of ether oxygens (including phenoxy) is 1. The Hall–Kier alpha value is -5.06. The largest absolute Gasteiger partial charge is 0.488 e. The highest BCUT2D eigenvalue weighted by atomic mass is 16.5. The van der Waals surface area contributed by atoms with E-state index in [0.717, 1.165) is 22.0 Å². The summed E-state index contributed by atoms with van der Waals surface area (Å²) in [6, 6.07) is 34.6. The Bertz CT molecular complexity index is 1620. The second-order valence-corrected chi connectivity index (χ2v) is 9.46. The molecule has 0 atom stereocenters. The molecule has 202 valence electrons. The number of nitriles is 1. The van der Waals surface area contributed by atoms with E-state index in [1.54, 1.807) is 28.8 Å². The lowest BCUT2D eigenvalue weighted by Gasteiger charge is -2.11. The molecule has 7 heteroatoms. The van der Waals surface area contributed by atoms with Crippen molar-refractivity contribution in [1.82, 2.24) is 4.57 Å². The van der Waals surface area contributed by atoms with Gasteiger partial charge in [-0.25, -0.2) is 4.79 Å². The lowest BCUT2D eigenvalue weighted by atomic mass is 10.1. The van der Waals surface area contributed by atoms with E-state index in [0.29, 0.717) is 31.0 Å². The fourth-order valence-corrected chi connectivity index (χ4v) is 4.32. The number of carboxylic acid groups (broad SMARTS) is 1. The molecule has 5 aromatic rings. The van der Waals surface area contributed by atoms with E-state index < -0.39 is 5.97 Å². The zero-order valence-electron chi connectivity index (χ0n) is 22.6. The lowest BCUT2D eigenvalue weighted by molar-refractivity contribution is 0.0686. The minimum Gasteiger partial charge on any atom is -0.488 e. The number of benzene rings is 4. The van der Waals surface area contributed by atoms with Gasteiger partial charge in [0.25, 0.3) is 0 Å². The summed E-state index contributed by atoms with van der Waals surface area (Å²) < 4.78 is 7.73. The number of fused-ring (bicyclic) bond motifs is 1. The van der Waals surface area contributed by atoms with Crippen molar-refractivity contribution in [3.8, 4) is 11.8 Å². The van der Waals surface area contributed by atoms with Crippen LogP contribution >= 0.6 is 0 Å². The normalized spacial score (nSPS) is 10.3. The molecule has 0 fully saturated rings. The van der Waals surface area contributed by atoms with Gasteiger partial charge in [0.2, 0.25) is 0 Å². The zero-order valence-corrected chi connectivity index (χ0v) is 22.6. The number of anilines is 1. The predicted molar refractivity (Wildman–Crippen MR) is 159 cm³/mol. The Labute approximate surface area is 234 Å². The zero-order chi connectivity index (χ0) is 28.5. The molecule has 0 spiro atoms. The van der Waals surface area contributed by atoms with Crippen molar-refractivity contribution in [2.75, 3.05) is 19.0 Å². The van der Waals surface area contributed by atoms with Crippen molar-refractivity contribution in [2.45, 2.75) is 19.7 Å². The highest BCUT2D eigenvalue weighted by Crippen LogP contribution is 2.30. The number of aromatic carboxylic acids is 1. The van der Waals surface area contributed by atoms with Crippen molar-refractivity contribution in [1.29, 1.82) is 5.26 Å². The average molecular weight is 533 g/mol.